The lowest BCUT2D eigenvalue weighted by Gasteiger charge is -2.37. The largest absolute Gasteiger partial charge is 0.367 e. The number of para-hydroxylation sites is 1. The number of anilines is 1. The summed E-state index contributed by atoms with van der Waals surface area (Å²) in [5.74, 6) is 0.245. The topological polar surface area (TPSA) is 31.7 Å². The zero-order valence-corrected chi connectivity index (χ0v) is 16.6. The molecular weight excluding hydrogens is 360 g/mol. The molecule has 27 heavy (non-hydrogen) atoms. The highest BCUT2D eigenvalue weighted by Crippen LogP contribution is 2.32. The minimum Gasteiger partial charge on any atom is -0.367 e. The second-order valence-electron chi connectivity index (χ2n) is 7.49. The molecule has 4 rings (SSSR count). The summed E-state index contributed by atoms with van der Waals surface area (Å²) >= 11 is 6.32. The maximum absolute atomic E-state index is 12.9. The third kappa shape index (κ3) is 3.85. The van der Waals surface area contributed by atoms with Crippen LogP contribution in [0.2, 0.25) is 5.02 Å². The molecule has 1 unspecified atom stereocenters. The molecular formula is C21H27ClN4O. The third-order valence-electron chi connectivity index (χ3n) is 5.85. The van der Waals surface area contributed by atoms with Gasteiger partial charge in [0.15, 0.2) is 0 Å². The van der Waals surface area contributed by atoms with E-state index in [9.17, 15) is 4.79 Å². The number of halogens is 1. The molecule has 2 saturated heterocycles. The molecule has 0 saturated carbocycles. The fourth-order valence-electron chi connectivity index (χ4n) is 4.35. The van der Waals surface area contributed by atoms with Crippen LogP contribution < -0.4 is 4.90 Å². The maximum atomic E-state index is 12.9. The highest BCUT2D eigenvalue weighted by Gasteiger charge is 2.31. The molecule has 0 spiro atoms. The van der Waals surface area contributed by atoms with Gasteiger partial charge in [-0.3, -0.25) is 9.69 Å². The van der Waals surface area contributed by atoms with Crippen LogP contribution in [0.1, 0.15) is 24.6 Å². The molecule has 3 heterocycles. The van der Waals surface area contributed by atoms with E-state index in [1.54, 1.807) is 0 Å². The second-order valence-corrected chi connectivity index (χ2v) is 7.90. The predicted molar refractivity (Wildman–Crippen MR) is 109 cm³/mol. The maximum Gasteiger partial charge on any atom is 0.236 e. The molecule has 0 N–H and O–H groups in total. The van der Waals surface area contributed by atoms with Gasteiger partial charge >= 0.3 is 0 Å². The molecule has 1 amide bonds. The number of likely N-dealkylation sites (tertiary alicyclic amines) is 1. The lowest BCUT2D eigenvalue weighted by atomic mass is 10.1. The number of nitrogens with zero attached hydrogens (tertiary/aromatic N) is 4. The van der Waals surface area contributed by atoms with Crippen LogP contribution >= 0.6 is 11.6 Å². The zero-order valence-electron chi connectivity index (χ0n) is 15.9. The molecule has 5 nitrogen and oxygen atoms in total. The average Bonchev–Trinajstić information content (AvgIpc) is 3.30. The minimum absolute atomic E-state index is 0.245. The van der Waals surface area contributed by atoms with Crippen LogP contribution in [0.4, 0.5) is 5.69 Å². The van der Waals surface area contributed by atoms with Gasteiger partial charge in [-0.25, -0.2) is 0 Å². The highest BCUT2D eigenvalue weighted by atomic mass is 35.5. The Bertz CT molecular complexity index is 797. The number of piperazine rings is 1. The first-order chi connectivity index (χ1) is 13.1. The molecule has 2 aliphatic heterocycles. The normalized spacial score (nSPS) is 21.0. The Balaban J connectivity index is 1.34. The number of hydrogen-bond acceptors (Lipinski definition) is 3. The molecule has 2 aromatic rings. The van der Waals surface area contributed by atoms with Crippen LogP contribution in [0, 0.1) is 0 Å². The van der Waals surface area contributed by atoms with Crippen LogP contribution in [0.15, 0.2) is 42.6 Å². The number of aromatic nitrogens is 1. The van der Waals surface area contributed by atoms with Crippen molar-refractivity contribution in [2.45, 2.75) is 18.9 Å². The Labute approximate surface area is 166 Å². The fraction of sp³-hybridized carbons (Fsp3) is 0.476. The molecule has 2 fully saturated rings. The molecule has 1 aromatic carbocycles. The summed E-state index contributed by atoms with van der Waals surface area (Å²) < 4.78 is 2.18. The van der Waals surface area contributed by atoms with Gasteiger partial charge in [-0.05, 0) is 43.7 Å². The van der Waals surface area contributed by atoms with Crippen molar-refractivity contribution in [2.24, 2.45) is 7.05 Å². The summed E-state index contributed by atoms with van der Waals surface area (Å²) in [6.07, 6.45) is 4.37. The standard InChI is InChI=1S/C21H27ClN4O/c1-23-10-4-8-19(23)20-9-5-11-26(20)16-21(27)25-14-12-24(13-15-25)18-7-3-2-6-17(18)22/h2-4,6-8,10,20H,5,9,11-16H2,1H3. The van der Waals surface area contributed by atoms with Crippen molar-refractivity contribution in [3.63, 3.8) is 0 Å². The number of amides is 1. The Kier molecular flexibility index (Phi) is 5.41. The van der Waals surface area contributed by atoms with E-state index in [1.807, 2.05) is 23.1 Å². The molecule has 6 heteroatoms. The Morgan fingerprint density at radius 2 is 1.85 bits per heavy atom. The van der Waals surface area contributed by atoms with Gasteiger partial charge in [0.2, 0.25) is 5.91 Å². The van der Waals surface area contributed by atoms with Crippen molar-refractivity contribution in [1.29, 1.82) is 0 Å². The molecule has 0 radical (unpaired) electrons. The number of carbonyl (C=O) groups is 1. The summed E-state index contributed by atoms with van der Waals surface area (Å²) in [4.78, 5) is 19.5. The molecule has 1 atom stereocenters. The van der Waals surface area contributed by atoms with Crippen molar-refractivity contribution >= 4 is 23.2 Å². The lowest BCUT2D eigenvalue weighted by Crippen LogP contribution is -2.51. The Hall–Kier alpha value is -1.98. The van der Waals surface area contributed by atoms with Gasteiger partial charge in [-0.2, -0.15) is 0 Å². The second kappa shape index (κ2) is 7.95. The van der Waals surface area contributed by atoms with Crippen molar-refractivity contribution in [3.05, 3.63) is 53.3 Å². The van der Waals surface area contributed by atoms with Crippen LogP contribution in [-0.2, 0) is 11.8 Å². The van der Waals surface area contributed by atoms with E-state index in [1.165, 1.54) is 5.69 Å². The number of carbonyl (C=O) groups excluding carboxylic acids is 1. The smallest absolute Gasteiger partial charge is 0.236 e. The van der Waals surface area contributed by atoms with E-state index in [0.29, 0.717) is 12.6 Å². The van der Waals surface area contributed by atoms with Crippen LogP contribution in [0.5, 0.6) is 0 Å². The molecule has 144 valence electrons. The average molecular weight is 387 g/mol. The first-order valence-corrected chi connectivity index (χ1v) is 10.1. The van der Waals surface area contributed by atoms with Gasteiger partial charge in [0.1, 0.15) is 0 Å². The molecule has 2 aliphatic rings. The van der Waals surface area contributed by atoms with Gasteiger partial charge in [0, 0.05) is 45.1 Å². The number of aryl methyl sites for hydroxylation is 1. The summed E-state index contributed by atoms with van der Waals surface area (Å²) in [7, 11) is 2.08. The highest BCUT2D eigenvalue weighted by molar-refractivity contribution is 6.33. The zero-order chi connectivity index (χ0) is 18.8. The third-order valence-corrected chi connectivity index (χ3v) is 6.17. The summed E-state index contributed by atoms with van der Waals surface area (Å²) in [6.45, 7) is 4.69. The quantitative estimate of drug-likeness (QED) is 0.808. The fourth-order valence-corrected chi connectivity index (χ4v) is 4.60. The molecule has 1 aromatic heterocycles. The van der Waals surface area contributed by atoms with Crippen LogP contribution in [-0.4, -0.2) is 59.5 Å². The monoisotopic (exact) mass is 386 g/mol. The first-order valence-electron chi connectivity index (χ1n) is 9.76. The van der Waals surface area contributed by atoms with Crippen molar-refractivity contribution in [3.8, 4) is 0 Å². The lowest BCUT2D eigenvalue weighted by molar-refractivity contribution is -0.133. The summed E-state index contributed by atoms with van der Waals surface area (Å²) in [5.41, 5.74) is 2.37. The van der Waals surface area contributed by atoms with E-state index in [0.717, 1.165) is 56.3 Å². The van der Waals surface area contributed by atoms with E-state index in [2.05, 4.69) is 45.8 Å². The van der Waals surface area contributed by atoms with Crippen molar-refractivity contribution in [2.75, 3.05) is 44.2 Å². The number of hydrogen-bond donors (Lipinski definition) is 0. The van der Waals surface area contributed by atoms with Gasteiger partial charge in [0.25, 0.3) is 0 Å². The van der Waals surface area contributed by atoms with Crippen LogP contribution in [0.25, 0.3) is 0 Å². The summed E-state index contributed by atoms with van der Waals surface area (Å²) in [6, 6.07) is 12.6. The Morgan fingerprint density at radius 1 is 1.07 bits per heavy atom. The SMILES string of the molecule is Cn1cccc1C1CCCN1CC(=O)N1CCN(c2ccccc2Cl)CC1. The van der Waals surface area contributed by atoms with Gasteiger partial charge in [0.05, 0.1) is 23.3 Å². The van der Waals surface area contributed by atoms with E-state index < -0.39 is 0 Å². The van der Waals surface area contributed by atoms with E-state index in [-0.39, 0.29) is 5.91 Å². The minimum atomic E-state index is 0.245. The predicted octanol–water partition coefficient (Wildman–Crippen LogP) is 3.16. The number of rotatable bonds is 4. The molecule has 0 aliphatic carbocycles. The first kappa shape index (κ1) is 18.4. The van der Waals surface area contributed by atoms with Gasteiger partial charge in [-0.1, -0.05) is 23.7 Å². The van der Waals surface area contributed by atoms with E-state index >= 15 is 0 Å². The van der Waals surface area contributed by atoms with Crippen molar-refractivity contribution < 1.29 is 4.79 Å². The van der Waals surface area contributed by atoms with Gasteiger partial charge < -0.3 is 14.4 Å². The molecule has 0 bridgehead atoms. The Morgan fingerprint density at radius 3 is 2.56 bits per heavy atom. The van der Waals surface area contributed by atoms with Crippen molar-refractivity contribution in [1.82, 2.24) is 14.4 Å². The van der Waals surface area contributed by atoms with Gasteiger partial charge in [-0.15, -0.1) is 0 Å². The van der Waals surface area contributed by atoms with Crippen LogP contribution in [0.3, 0.4) is 0 Å². The summed E-state index contributed by atoms with van der Waals surface area (Å²) in [5, 5.41) is 0.778. The number of benzene rings is 1. The van der Waals surface area contributed by atoms with E-state index in [4.69, 9.17) is 11.6 Å².